The molecule has 0 radical (unpaired) electrons. The zero-order chi connectivity index (χ0) is 13.8. The summed E-state index contributed by atoms with van der Waals surface area (Å²) in [7, 11) is 0. The van der Waals surface area contributed by atoms with E-state index in [1.807, 2.05) is 11.8 Å². The van der Waals surface area contributed by atoms with Crippen molar-refractivity contribution in [3.63, 3.8) is 0 Å². The van der Waals surface area contributed by atoms with Gasteiger partial charge in [-0.15, -0.1) is 0 Å². The zero-order valence-corrected chi connectivity index (χ0v) is 10.9. The molecule has 0 aliphatic carbocycles. The molecule has 1 aliphatic heterocycles. The minimum absolute atomic E-state index is 0.175. The fourth-order valence-corrected chi connectivity index (χ4v) is 2.11. The van der Waals surface area contributed by atoms with Gasteiger partial charge in [0.25, 0.3) is 0 Å². The summed E-state index contributed by atoms with van der Waals surface area (Å²) in [6.07, 6.45) is 1.90. The Labute approximate surface area is 111 Å². The topological polar surface area (TPSA) is 73.7 Å². The van der Waals surface area contributed by atoms with Gasteiger partial charge in [0.1, 0.15) is 5.82 Å². The van der Waals surface area contributed by atoms with Gasteiger partial charge in [-0.25, -0.2) is 9.78 Å². The van der Waals surface area contributed by atoms with Crippen LogP contribution in [0.5, 0.6) is 0 Å². The second kappa shape index (κ2) is 5.69. The number of aromatic nitrogens is 1. The van der Waals surface area contributed by atoms with Gasteiger partial charge < -0.3 is 14.9 Å². The normalized spacial score (nSPS) is 15.4. The molecule has 1 aliphatic rings. The van der Waals surface area contributed by atoms with Gasteiger partial charge in [-0.3, -0.25) is 4.79 Å². The van der Waals surface area contributed by atoms with Crippen LogP contribution in [-0.2, 0) is 4.79 Å². The molecule has 1 N–H and O–H groups in total. The van der Waals surface area contributed by atoms with Crippen LogP contribution in [0.1, 0.15) is 23.7 Å². The summed E-state index contributed by atoms with van der Waals surface area (Å²) in [5.41, 5.74) is 0.184. The molecule has 1 fully saturated rings. The number of nitrogens with zero attached hydrogens (tertiary/aromatic N) is 3. The zero-order valence-electron chi connectivity index (χ0n) is 10.9. The highest BCUT2D eigenvalue weighted by Crippen LogP contribution is 2.14. The summed E-state index contributed by atoms with van der Waals surface area (Å²) < 4.78 is 0. The van der Waals surface area contributed by atoms with Crippen molar-refractivity contribution >= 4 is 17.7 Å². The summed E-state index contributed by atoms with van der Waals surface area (Å²) in [6, 6.07) is 3.26. The third kappa shape index (κ3) is 3.01. The Morgan fingerprint density at radius 3 is 2.42 bits per heavy atom. The van der Waals surface area contributed by atoms with Crippen LogP contribution in [0.4, 0.5) is 5.82 Å². The van der Waals surface area contributed by atoms with E-state index in [0.29, 0.717) is 19.5 Å². The van der Waals surface area contributed by atoms with E-state index < -0.39 is 5.97 Å². The largest absolute Gasteiger partial charge is 0.478 e. The lowest BCUT2D eigenvalue weighted by Crippen LogP contribution is -2.48. The van der Waals surface area contributed by atoms with Crippen molar-refractivity contribution in [1.82, 2.24) is 9.88 Å². The standard InChI is InChI=1S/C13H17N3O3/c1-2-12(17)16-7-5-15(6-8-16)11-4-3-10(9-14-11)13(18)19/h3-4,9H,2,5-8H2,1H3,(H,18,19). The molecule has 1 aromatic heterocycles. The third-order valence-corrected chi connectivity index (χ3v) is 3.25. The van der Waals surface area contributed by atoms with E-state index in [0.717, 1.165) is 18.9 Å². The lowest BCUT2D eigenvalue weighted by molar-refractivity contribution is -0.131. The molecule has 6 heteroatoms. The number of piperazine rings is 1. The molecule has 0 atom stereocenters. The van der Waals surface area contributed by atoms with E-state index in [2.05, 4.69) is 9.88 Å². The summed E-state index contributed by atoms with van der Waals surface area (Å²) in [6.45, 7) is 4.70. The summed E-state index contributed by atoms with van der Waals surface area (Å²) in [5, 5.41) is 8.81. The van der Waals surface area contributed by atoms with Crippen LogP contribution >= 0.6 is 0 Å². The summed E-state index contributed by atoms with van der Waals surface area (Å²) in [4.78, 5) is 30.4. The Hall–Kier alpha value is -2.11. The average Bonchev–Trinajstić information content (AvgIpc) is 2.46. The van der Waals surface area contributed by atoms with Crippen molar-refractivity contribution < 1.29 is 14.7 Å². The maximum Gasteiger partial charge on any atom is 0.337 e. The number of pyridine rings is 1. The number of carboxylic acid groups (broad SMARTS) is 1. The lowest BCUT2D eigenvalue weighted by Gasteiger charge is -2.35. The molecule has 1 saturated heterocycles. The lowest BCUT2D eigenvalue weighted by atomic mass is 10.2. The number of carbonyl (C=O) groups excluding carboxylic acids is 1. The van der Waals surface area contributed by atoms with Gasteiger partial charge in [0.05, 0.1) is 5.56 Å². The molecule has 0 aromatic carbocycles. The van der Waals surface area contributed by atoms with Crippen LogP contribution in [0.2, 0.25) is 0 Å². The van der Waals surface area contributed by atoms with Gasteiger partial charge in [-0.1, -0.05) is 6.92 Å². The molecule has 1 amide bonds. The number of carboxylic acids is 1. The number of hydrogen-bond donors (Lipinski definition) is 1. The number of aromatic carboxylic acids is 1. The Kier molecular flexibility index (Phi) is 3.99. The number of rotatable bonds is 3. The van der Waals surface area contributed by atoms with Crippen LogP contribution in [0.25, 0.3) is 0 Å². The van der Waals surface area contributed by atoms with Crippen molar-refractivity contribution in [2.24, 2.45) is 0 Å². The van der Waals surface area contributed by atoms with Crippen LogP contribution in [0.3, 0.4) is 0 Å². The van der Waals surface area contributed by atoms with Gasteiger partial charge in [-0.2, -0.15) is 0 Å². The van der Waals surface area contributed by atoms with Gasteiger partial charge in [0.15, 0.2) is 0 Å². The Morgan fingerprint density at radius 1 is 1.26 bits per heavy atom. The molecular formula is C13H17N3O3. The Balaban J connectivity index is 1.97. The highest BCUT2D eigenvalue weighted by atomic mass is 16.4. The van der Waals surface area contributed by atoms with Crippen LogP contribution in [0, 0.1) is 0 Å². The van der Waals surface area contributed by atoms with Crippen molar-refractivity contribution in [3.05, 3.63) is 23.9 Å². The van der Waals surface area contributed by atoms with E-state index in [4.69, 9.17) is 5.11 Å². The first-order chi connectivity index (χ1) is 9.11. The van der Waals surface area contributed by atoms with Crippen LogP contribution in [-0.4, -0.2) is 53.0 Å². The number of carbonyl (C=O) groups is 2. The first-order valence-corrected chi connectivity index (χ1v) is 6.34. The van der Waals surface area contributed by atoms with Crippen LogP contribution in [0.15, 0.2) is 18.3 Å². The monoisotopic (exact) mass is 263 g/mol. The molecule has 2 heterocycles. The third-order valence-electron chi connectivity index (χ3n) is 3.25. The van der Waals surface area contributed by atoms with E-state index >= 15 is 0 Å². The summed E-state index contributed by atoms with van der Waals surface area (Å²) >= 11 is 0. The van der Waals surface area contributed by atoms with Gasteiger partial charge in [0, 0.05) is 38.8 Å². The molecule has 2 rings (SSSR count). The van der Waals surface area contributed by atoms with Crippen molar-refractivity contribution in [3.8, 4) is 0 Å². The quantitative estimate of drug-likeness (QED) is 0.874. The maximum atomic E-state index is 11.6. The molecule has 1 aromatic rings. The first-order valence-electron chi connectivity index (χ1n) is 6.34. The molecule has 0 spiro atoms. The summed E-state index contributed by atoms with van der Waals surface area (Å²) in [5.74, 6) is -0.0418. The Bertz CT molecular complexity index is 465. The maximum absolute atomic E-state index is 11.6. The fraction of sp³-hybridized carbons (Fsp3) is 0.462. The highest BCUT2D eigenvalue weighted by Gasteiger charge is 2.20. The predicted molar refractivity (Wildman–Crippen MR) is 70.3 cm³/mol. The fourth-order valence-electron chi connectivity index (χ4n) is 2.11. The van der Waals surface area contributed by atoms with Crippen LogP contribution < -0.4 is 4.90 Å². The minimum Gasteiger partial charge on any atom is -0.478 e. The van der Waals surface area contributed by atoms with E-state index in [1.165, 1.54) is 6.20 Å². The Morgan fingerprint density at radius 2 is 1.95 bits per heavy atom. The van der Waals surface area contributed by atoms with Gasteiger partial charge in [0.2, 0.25) is 5.91 Å². The van der Waals surface area contributed by atoms with E-state index in [9.17, 15) is 9.59 Å². The number of amides is 1. The second-order valence-corrected chi connectivity index (χ2v) is 4.43. The predicted octanol–water partition coefficient (Wildman–Crippen LogP) is 0.838. The van der Waals surface area contributed by atoms with E-state index in [-0.39, 0.29) is 11.5 Å². The smallest absolute Gasteiger partial charge is 0.337 e. The molecule has 0 unspecified atom stereocenters. The SMILES string of the molecule is CCC(=O)N1CCN(c2ccc(C(=O)O)cn2)CC1. The number of anilines is 1. The minimum atomic E-state index is -0.975. The van der Waals surface area contributed by atoms with Crippen molar-refractivity contribution in [2.75, 3.05) is 31.1 Å². The average molecular weight is 263 g/mol. The molecule has 6 nitrogen and oxygen atoms in total. The highest BCUT2D eigenvalue weighted by molar-refractivity contribution is 5.87. The molecular weight excluding hydrogens is 246 g/mol. The number of hydrogen-bond acceptors (Lipinski definition) is 4. The van der Waals surface area contributed by atoms with Crippen molar-refractivity contribution in [2.45, 2.75) is 13.3 Å². The van der Waals surface area contributed by atoms with Gasteiger partial charge in [-0.05, 0) is 12.1 Å². The van der Waals surface area contributed by atoms with Crippen molar-refractivity contribution in [1.29, 1.82) is 0 Å². The molecule has 0 saturated carbocycles. The van der Waals surface area contributed by atoms with E-state index in [1.54, 1.807) is 12.1 Å². The van der Waals surface area contributed by atoms with Gasteiger partial charge >= 0.3 is 5.97 Å². The molecule has 19 heavy (non-hydrogen) atoms. The second-order valence-electron chi connectivity index (χ2n) is 4.43. The molecule has 102 valence electrons. The first kappa shape index (κ1) is 13.3. The molecule has 0 bridgehead atoms.